The maximum absolute atomic E-state index is 12.1. The third-order valence-corrected chi connectivity index (χ3v) is 5.99. The van der Waals surface area contributed by atoms with Gasteiger partial charge in [-0.25, -0.2) is 13.1 Å². The number of amides is 1. The van der Waals surface area contributed by atoms with Gasteiger partial charge >= 0.3 is 0 Å². The van der Waals surface area contributed by atoms with Gasteiger partial charge in [-0.3, -0.25) is 4.79 Å². The average Bonchev–Trinajstić information content (AvgIpc) is 2.57. The Bertz CT molecular complexity index is 676. The molecule has 0 spiro atoms. The maximum atomic E-state index is 12.1. The van der Waals surface area contributed by atoms with Crippen molar-refractivity contribution in [2.24, 2.45) is 11.7 Å². The summed E-state index contributed by atoms with van der Waals surface area (Å²) in [5.74, 6) is -0.258. The number of hydrogen-bond donors (Lipinski definition) is 4. The summed E-state index contributed by atoms with van der Waals surface area (Å²) >= 11 is 0. The number of rotatable bonds is 7. The first-order valence-electron chi connectivity index (χ1n) is 8.57. The van der Waals surface area contributed by atoms with Gasteiger partial charge in [-0.05, 0) is 44.7 Å². The fraction of sp³-hybridized carbons (Fsp3) is 0.588. The molecule has 0 bridgehead atoms. The van der Waals surface area contributed by atoms with Crippen LogP contribution in [0.25, 0.3) is 0 Å². The van der Waals surface area contributed by atoms with Gasteiger partial charge in [0.05, 0.1) is 11.0 Å². The van der Waals surface area contributed by atoms with Crippen LogP contribution in [0.5, 0.6) is 0 Å². The molecule has 1 saturated carbocycles. The molecule has 0 aromatic heterocycles. The van der Waals surface area contributed by atoms with Crippen molar-refractivity contribution < 1.29 is 18.3 Å². The third kappa shape index (κ3) is 5.78. The molecule has 5 N–H and O–H groups in total. The van der Waals surface area contributed by atoms with Gasteiger partial charge < -0.3 is 16.2 Å². The van der Waals surface area contributed by atoms with Crippen LogP contribution in [0, 0.1) is 12.8 Å². The van der Waals surface area contributed by atoms with Gasteiger partial charge in [0.2, 0.25) is 15.9 Å². The minimum Gasteiger partial charge on any atom is -0.392 e. The Morgan fingerprint density at radius 2 is 1.92 bits per heavy atom. The fourth-order valence-corrected chi connectivity index (χ4v) is 3.95. The van der Waals surface area contributed by atoms with Gasteiger partial charge in [0.25, 0.3) is 0 Å². The molecule has 8 heteroatoms. The van der Waals surface area contributed by atoms with Crippen molar-refractivity contribution in [1.82, 2.24) is 10.0 Å². The van der Waals surface area contributed by atoms with Crippen molar-refractivity contribution in [3.8, 4) is 0 Å². The monoisotopic (exact) mass is 369 g/mol. The van der Waals surface area contributed by atoms with Gasteiger partial charge in [0, 0.05) is 25.0 Å². The zero-order valence-corrected chi connectivity index (χ0v) is 15.3. The maximum Gasteiger partial charge on any atom is 0.240 e. The van der Waals surface area contributed by atoms with Gasteiger partial charge in [-0.2, -0.15) is 0 Å². The standard InChI is InChI=1S/C17H27N3O4S/c1-12-3-6-14(7-4-12)25(23,24)20-10-2-9-19-17(22)13-5-8-16(21)15(18)11-13/h3-4,6-7,13,15-16,20-21H,2,5,8-11,18H2,1H3,(H,19,22)/t13-,15+,16+/m0/s1. The Hall–Kier alpha value is -1.48. The summed E-state index contributed by atoms with van der Waals surface area (Å²) in [5, 5.41) is 12.4. The quantitative estimate of drug-likeness (QED) is 0.514. The zero-order valence-electron chi connectivity index (χ0n) is 14.4. The SMILES string of the molecule is Cc1ccc(S(=O)(=O)NCCCNC(=O)[C@H]2CC[C@@H](O)[C@H](N)C2)cc1. The van der Waals surface area contributed by atoms with Crippen molar-refractivity contribution >= 4 is 15.9 Å². The predicted octanol–water partition coefficient (Wildman–Crippen LogP) is 0.268. The van der Waals surface area contributed by atoms with E-state index in [1.54, 1.807) is 24.3 Å². The molecule has 1 aromatic rings. The molecule has 0 heterocycles. The fourth-order valence-electron chi connectivity index (χ4n) is 2.88. The molecule has 0 saturated heterocycles. The number of aryl methyl sites for hydroxylation is 1. The van der Waals surface area contributed by atoms with E-state index in [4.69, 9.17) is 5.73 Å². The van der Waals surface area contributed by atoms with E-state index < -0.39 is 16.1 Å². The van der Waals surface area contributed by atoms with E-state index in [0.717, 1.165) is 5.56 Å². The minimum atomic E-state index is -3.52. The molecule has 0 aliphatic heterocycles. The lowest BCUT2D eigenvalue weighted by atomic mass is 9.84. The largest absolute Gasteiger partial charge is 0.392 e. The molecule has 25 heavy (non-hydrogen) atoms. The molecule has 3 atom stereocenters. The highest BCUT2D eigenvalue weighted by molar-refractivity contribution is 7.89. The number of benzene rings is 1. The van der Waals surface area contributed by atoms with E-state index in [9.17, 15) is 18.3 Å². The second-order valence-electron chi connectivity index (χ2n) is 6.60. The van der Waals surface area contributed by atoms with Crippen LogP contribution < -0.4 is 15.8 Å². The second-order valence-corrected chi connectivity index (χ2v) is 8.36. The van der Waals surface area contributed by atoms with E-state index in [-0.39, 0.29) is 29.3 Å². The van der Waals surface area contributed by atoms with Gasteiger partial charge in [-0.15, -0.1) is 0 Å². The first-order valence-corrected chi connectivity index (χ1v) is 10.1. The first kappa shape index (κ1) is 19.8. The molecular formula is C17H27N3O4S. The number of aliphatic hydroxyl groups is 1. The summed E-state index contributed by atoms with van der Waals surface area (Å²) < 4.78 is 26.8. The first-order chi connectivity index (χ1) is 11.8. The van der Waals surface area contributed by atoms with Crippen molar-refractivity contribution in [2.45, 2.75) is 49.6 Å². The van der Waals surface area contributed by atoms with Crippen molar-refractivity contribution in [1.29, 1.82) is 0 Å². The van der Waals surface area contributed by atoms with E-state index in [0.29, 0.717) is 32.2 Å². The molecule has 1 aliphatic carbocycles. The van der Waals surface area contributed by atoms with Crippen LogP contribution in [0.3, 0.4) is 0 Å². The van der Waals surface area contributed by atoms with Crippen LogP contribution in [0.1, 0.15) is 31.2 Å². The lowest BCUT2D eigenvalue weighted by Crippen LogP contribution is -2.45. The number of aliphatic hydroxyl groups excluding tert-OH is 1. The topological polar surface area (TPSA) is 122 Å². The van der Waals surface area contributed by atoms with E-state index >= 15 is 0 Å². The van der Waals surface area contributed by atoms with E-state index in [2.05, 4.69) is 10.0 Å². The molecular weight excluding hydrogens is 342 g/mol. The Morgan fingerprint density at radius 3 is 2.56 bits per heavy atom. The number of carbonyl (C=O) groups is 1. The molecule has 0 unspecified atom stereocenters. The summed E-state index contributed by atoms with van der Waals surface area (Å²) in [4.78, 5) is 12.3. The Balaban J connectivity index is 1.69. The molecule has 7 nitrogen and oxygen atoms in total. The molecule has 1 amide bonds. The van der Waals surface area contributed by atoms with Gasteiger partial charge in [0.15, 0.2) is 0 Å². The number of nitrogens with one attached hydrogen (secondary N) is 2. The van der Waals surface area contributed by atoms with Crippen LogP contribution >= 0.6 is 0 Å². The highest BCUT2D eigenvalue weighted by atomic mass is 32.2. The van der Waals surface area contributed by atoms with Crippen molar-refractivity contribution in [3.05, 3.63) is 29.8 Å². The highest BCUT2D eigenvalue weighted by Crippen LogP contribution is 2.23. The number of carbonyl (C=O) groups excluding carboxylic acids is 1. The molecule has 0 radical (unpaired) electrons. The molecule has 1 fully saturated rings. The van der Waals surface area contributed by atoms with E-state index in [1.165, 1.54) is 0 Å². The number of sulfonamides is 1. The summed E-state index contributed by atoms with van der Waals surface area (Å²) in [7, 11) is -3.52. The molecule has 140 valence electrons. The average molecular weight is 369 g/mol. The smallest absolute Gasteiger partial charge is 0.240 e. The Morgan fingerprint density at radius 1 is 1.24 bits per heavy atom. The Labute approximate surface area is 149 Å². The molecule has 1 aliphatic rings. The predicted molar refractivity (Wildman–Crippen MR) is 95.3 cm³/mol. The van der Waals surface area contributed by atoms with E-state index in [1.807, 2.05) is 6.92 Å². The Kier molecular flexibility index (Phi) is 6.95. The number of nitrogens with two attached hydrogens (primary N) is 1. The second kappa shape index (κ2) is 8.75. The normalized spacial score (nSPS) is 24.0. The minimum absolute atomic E-state index is 0.0799. The highest BCUT2D eigenvalue weighted by Gasteiger charge is 2.30. The van der Waals surface area contributed by atoms with Crippen LogP contribution in [-0.2, 0) is 14.8 Å². The van der Waals surface area contributed by atoms with Gasteiger partial charge in [0.1, 0.15) is 0 Å². The van der Waals surface area contributed by atoms with Crippen LogP contribution in [0.4, 0.5) is 0 Å². The third-order valence-electron chi connectivity index (χ3n) is 4.51. The summed E-state index contributed by atoms with van der Waals surface area (Å²) in [6, 6.07) is 6.28. The van der Waals surface area contributed by atoms with Crippen LogP contribution in [0.15, 0.2) is 29.2 Å². The van der Waals surface area contributed by atoms with Crippen molar-refractivity contribution in [2.75, 3.05) is 13.1 Å². The molecule has 1 aromatic carbocycles. The summed E-state index contributed by atoms with van der Waals surface area (Å²) in [6.45, 7) is 2.54. The molecule has 2 rings (SSSR count). The lowest BCUT2D eigenvalue weighted by molar-refractivity contribution is -0.126. The number of hydrogen-bond acceptors (Lipinski definition) is 5. The summed E-state index contributed by atoms with van der Waals surface area (Å²) in [6.07, 6.45) is 1.61. The van der Waals surface area contributed by atoms with Gasteiger partial charge in [-0.1, -0.05) is 17.7 Å². The van der Waals surface area contributed by atoms with Crippen LogP contribution in [0.2, 0.25) is 0 Å². The zero-order chi connectivity index (χ0) is 18.4. The lowest BCUT2D eigenvalue weighted by Gasteiger charge is -2.30. The summed E-state index contributed by atoms with van der Waals surface area (Å²) in [5.41, 5.74) is 6.79. The van der Waals surface area contributed by atoms with Crippen LogP contribution in [-0.4, -0.2) is 44.7 Å². The van der Waals surface area contributed by atoms with Crippen molar-refractivity contribution in [3.63, 3.8) is 0 Å².